The molecular formula is C17H27NO. The van der Waals surface area contributed by atoms with E-state index in [2.05, 4.69) is 37.6 Å². The van der Waals surface area contributed by atoms with Gasteiger partial charge in [-0.15, -0.1) is 0 Å². The van der Waals surface area contributed by atoms with Gasteiger partial charge in [0.1, 0.15) is 0 Å². The van der Waals surface area contributed by atoms with Crippen molar-refractivity contribution in [3.05, 3.63) is 23.5 Å². The molecule has 0 radical (unpaired) electrons. The first kappa shape index (κ1) is 13.2. The molecule has 1 saturated carbocycles. The molecule has 1 fully saturated rings. The summed E-state index contributed by atoms with van der Waals surface area (Å²) in [6, 6.07) is 2.83. The second-order valence-corrected chi connectivity index (χ2v) is 7.60. The Morgan fingerprint density at radius 2 is 1.89 bits per heavy atom. The third-order valence-corrected chi connectivity index (χ3v) is 5.19. The van der Waals surface area contributed by atoms with Crippen LogP contribution in [0.5, 0.6) is 0 Å². The highest BCUT2D eigenvalue weighted by atomic mass is 16.3. The Bertz CT molecular complexity index is 452. The van der Waals surface area contributed by atoms with Crippen molar-refractivity contribution >= 4 is 0 Å². The van der Waals surface area contributed by atoms with Gasteiger partial charge in [0.15, 0.2) is 0 Å². The standard InChI is InChI=1S/C17H27NO/c1-12-4-6-13(7-5-12)18-9-8-14-15(18)10-17(2,3)11-16(14)19/h8-9,12-13,16,19H,4-7,10-11H2,1-3H3. The molecule has 0 saturated heterocycles. The van der Waals surface area contributed by atoms with Crippen molar-refractivity contribution in [1.82, 2.24) is 4.57 Å². The number of nitrogens with zero attached hydrogens (tertiary/aromatic N) is 1. The van der Waals surface area contributed by atoms with E-state index >= 15 is 0 Å². The lowest BCUT2D eigenvalue weighted by atomic mass is 9.75. The molecule has 1 N–H and O–H groups in total. The number of aliphatic hydroxyl groups excluding tert-OH is 1. The van der Waals surface area contributed by atoms with E-state index in [1.807, 2.05) is 0 Å². The molecule has 0 amide bonds. The van der Waals surface area contributed by atoms with Gasteiger partial charge < -0.3 is 9.67 Å². The molecule has 0 spiro atoms. The second-order valence-electron chi connectivity index (χ2n) is 7.60. The van der Waals surface area contributed by atoms with Gasteiger partial charge in [-0.05, 0) is 55.9 Å². The lowest BCUT2D eigenvalue weighted by Crippen LogP contribution is -2.28. The number of fused-ring (bicyclic) bond motifs is 1. The molecular weight excluding hydrogens is 234 g/mol. The summed E-state index contributed by atoms with van der Waals surface area (Å²) in [5.41, 5.74) is 2.83. The average molecular weight is 261 g/mol. The van der Waals surface area contributed by atoms with Crippen LogP contribution in [0, 0.1) is 11.3 Å². The fourth-order valence-corrected chi connectivity index (χ4v) is 4.01. The fraction of sp³-hybridized carbons (Fsp3) is 0.765. The Morgan fingerprint density at radius 1 is 1.21 bits per heavy atom. The Labute approximate surface area is 116 Å². The molecule has 1 unspecified atom stereocenters. The van der Waals surface area contributed by atoms with Crippen LogP contribution in [0.3, 0.4) is 0 Å². The third kappa shape index (κ3) is 2.47. The molecule has 0 aromatic carbocycles. The maximum absolute atomic E-state index is 10.3. The molecule has 2 heteroatoms. The van der Waals surface area contributed by atoms with Crippen molar-refractivity contribution in [3.63, 3.8) is 0 Å². The van der Waals surface area contributed by atoms with Crippen molar-refractivity contribution in [1.29, 1.82) is 0 Å². The molecule has 1 heterocycles. The van der Waals surface area contributed by atoms with Gasteiger partial charge in [-0.3, -0.25) is 0 Å². The number of aliphatic hydroxyl groups is 1. The molecule has 19 heavy (non-hydrogen) atoms. The lowest BCUT2D eigenvalue weighted by molar-refractivity contribution is 0.0968. The first-order chi connectivity index (χ1) is 8.96. The van der Waals surface area contributed by atoms with Gasteiger partial charge in [-0.2, -0.15) is 0 Å². The summed E-state index contributed by atoms with van der Waals surface area (Å²) in [5, 5.41) is 10.3. The molecule has 1 aromatic rings. The maximum atomic E-state index is 10.3. The van der Waals surface area contributed by atoms with Crippen molar-refractivity contribution in [3.8, 4) is 0 Å². The van der Waals surface area contributed by atoms with Crippen LogP contribution in [0.2, 0.25) is 0 Å². The Kier molecular flexibility index (Phi) is 3.24. The second kappa shape index (κ2) is 4.66. The van der Waals surface area contributed by atoms with Crippen LogP contribution in [0.25, 0.3) is 0 Å². The van der Waals surface area contributed by atoms with Crippen LogP contribution in [0.1, 0.15) is 76.3 Å². The van der Waals surface area contributed by atoms with Gasteiger partial charge in [0.25, 0.3) is 0 Å². The Morgan fingerprint density at radius 3 is 2.58 bits per heavy atom. The summed E-state index contributed by atoms with van der Waals surface area (Å²) in [6.07, 6.45) is 9.28. The van der Waals surface area contributed by atoms with Gasteiger partial charge in [0, 0.05) is 23.5 Å². The summed E-state index contributed by atoms with van der Waals surface area (Å²) in [4.78, 5) is 0. The third-order valence-electron chi connectivity index (χ3n) is 5.19. The molecule has 1 atom stereocenters. The minimum atomic E-state index is -0.262. The number of rotatable bonds is 1. The van der Waals surface area contributed by atoms with E-state index in [0.717, 1.165) is 18.8 Å². The summed E-state index contributed by atoms with van der Waals surface area (Å²) in [5.74, 6) is 0.893. The van der Waals surface area contributed by atoms with Crippen molar-refractivity contribution in [2.24, 2.45) is 11.3 Å². The predicted octanol–water partition coefficient (Wildman–Crippen LogP) is 4.25. The Balaban J connectivity index is 1.88. The van der Waals surface area contributed by atoms with E-state index in [1.165, 1.54) is 36.9 Å². The molecule has 0 bridgehead atoms. The first-order valence-electron chi connectivity index (χ1n) is 7.84. The molecule has 3 rings (SSSR count). The van der Waals surface area contributed by atoms with Crippen LogP contribution >= 0.6 is 0 Å². The highest BCUT2D eigenvalue weighted by Gasteiger charge is 2.34. The predicted molar refractivity (Wildman–Crippen MR) is 78.2 cm³/mol. The molecule has 0 aliphatic heterocycles. The maximum Gasteiger partial charge on any atom is 0.0812 e. The minimum Gasteiger partial charge on any atom is -0.388 e. The van der Waals surface area contributed by atoms with Gasteiger partial charge in [0.05, 0.1) is 6.10 Å². The molecule has 2 aliphatic carbocycles. The highest BCUT2D eigenvalue weighted by molar-refractivity contribution is 5.29. The van der Waals surface area contributed by atoms with Gasteiger partial charge in [0.2, 0.25) is 0 Å². The first-order valence-corrected chi connectivity index (χ1v) is 7.84. The SMILES string of the molecule is CC1CCC(n2ccc3c2CC(C)(C)CC3O)CC1. The monoisotopic (exact) mass is 261 g/mol. The smallest absolute Gasteiger partial charge is 0.0812 e. The van der Waals surface area contributed by atoms with Crippen LogP contribution in [0.15, 0.2) is 12.3 Å². The summed E-state index contributed by atoms with van der Waals surface area (Å²) in [6.45, 7) is 6.92. The number of hydrogen-bond acceptors (Lipinski definition) is 1. The van der Waals surface area contributed by atoms with Crippen LogP contribution in [-0.2, 0) is 6.42 Å². The van der Waals surface area contributed by atoms with Crippen molar-refractivity contribution < 1.29 is 5.11 Å². The molecule has 2 aliphatic rings. The van der Waals surface area contributed by atoms with E-state index in [4.69, 9.17) is 0 Å². The normalized spacial score (nSPS) is 34.0. The largest absolute Gasteiger partial charge is 0.388 e. The topological polar surface area (TPSA) is 25.2 Å². The van der Waals surface area contributed by atoms with Crippen LogP contribution < -0.4 is 0 Å². The summed E-state index contributed by atoms with van der Waals surface area (Å²) in [7, 11) is 0. The Hall–Kier alpha value is -0.760. The van der Waals surface area contributed by atoms with Gasteiger partial charge >= 0.3 is 0 Å². The van der Waals surface area contributed by atoms with E-state index in [9.17, 15) is 5.11 Å². The zero-order valence-corrected chi connectivity index (χ0v) is 12.5. The lowest BCUT2D eigenvalue weighted by Gasteiger charge is -2.36. The van der Waals surface area contributed by atoms with E-state index in [-0.39, 0.29) is 11.5 Å². The molecule has 2 nitrogen and oxygen atoms in total. The van der Waals surface area contributed by atoms with Crippen LogP contribution in [0.4, 0.5) is 0 Å². The quantitative estimate of drug-likeness (QED) is 0.803. The minimum absolute atomic E-state index is 0.227. The van der Waals surface area contributed by atoms with Gasteiger partial charge in [-0.25, -0.2) is 0 Å². The summed E-state index contributed by atoms with van der Waals surface area (Å²) < 4.78 is 2.49. The van der Waals surface area contributed by atoms with E-state index < -0.39 is 0 Å². The fourth-order valence-electron chi connectivity index (χ4n) is 4.01. The summed E-state index contributed by atoms with van der Waals surface area (Å²) >= 11 is 0. The van der Waals surface area contributed by atoms with Crippen LogP contribution in [-0.4, -0.2) is 9.67 Å². The van der Waals surface area contributed by atoms with E-state index in [0.29, 0.717) is 6.04 Å². The van der Waals surface area contributed by atoms with Crippen molar-refractivity contribution in [2.45, 2.75) is 71.4 Å². The molecule has 106 valence electrons. The highest BCUT2D eigenvalue weighted by Crippen LogP contribution is 2.43. The number of hydrogen-bond donors (Lipinski definition) is 1. The van der Waals surface area contributed by atoms with Gasteiger partial charge in [-0.1, -0.05) is 20.8 Å². The average Bonchev–Trinajstić information content (AvgIpc) is 2.72. The van der Waals surface area contributed by atoms with E-state index in [1.54, 1.807) is 0 Å². The zero-order chi connectivity index (χ0) is 13.6. The molecule has 1 aromatic heterocycles. The number of aromatic nitrogens is 1. The zero-order valence-electron chi connectivity index (χ0n) is 12.5. The van der Waals surface area contributed by atoms with Crippen molar-refractivity contribution in [2.75, 3.05) is 0 Å².